The van der Waals surface area contributed by atoms with Crippen LogP contribution in [0.25, 0.3) is 5.69 Å². The molecule has 0 radical (unpaired) electrons. The highest BCUT2D eigenvalue weighted by Gasteiger charge is 2.21. The van der Waals surface area contributed by atoms with Gasteiger partial charge in [0, 0.05) is 11.6 Å². The van der Waals surface area contributed by atoms with Gasteiger partial charge in [-0.2, -0.15) is 5.10 Å². The third-order valence-electron chi connectivity index (χ3n) is 4.74. The second-order valence-corrected chi connectivity index (χ2v) is 8.39. The quantitative estimate of drug-likeness (QED) is 0.521. The van der Waals surface area contributed by atoms with Crippen molar-refractivity contribution in [3.63, 3.8) is 0 Å². The second-order valence-electron chi connectivity index (χ2n) is 7.95. The first kappa shape index (κ1) is 22.8. The van der Waals surface area contributed by atoms with Gasteiger partial charge in [-0.3, -0.25) is 4.79 Å². The normalized spacial score (nSPS) is 12.3. The molecule has 1 aromatic heterocycles. The monoisotopic (exact) mass is 441 g/mol. The van der Waals surface area contributed by atoms with Crippen molar-refractivity contribution >= 4 is 17.5 Å². The number of amides is 1. The maximum atomic E-state index is 12.9. The fourth-order valence-corrected chi connectivity index (χ4v) is 3.47. The van der Waals surface area contributed by atoms with Crippen molar-refractivity contribution in [3.05, 3.63) is 76.6 Å². The highest BCUT2D eigenvalue weighted by molar-refractivity contribution is 6.30. The lowest BCUT2D eigenvalue weighted by Gasteiger charge is -2.16. The van der Waals surface area contributed by atoms with Crippen molar-refractivity contribution < 1.29 is 14.6 Å². The maximum absolute atomic E-state index is 12.9. The Morgan fingerprint density at radius 1 is 1.16 bits per heavy atom. The Hall–Kier alpha value is -2.83. The molecule has 7 heteroatoms. The van der Waals surface area contributed by atoms with E-state index in [0.717, 1.165) is 11.4 Å². The van der Waals surface area contributed by atoms with Gasteiger partial charge in [-0.25, -0.2) is 4.68 Å². The van der Waals surface area contributed by atoms with Gasteiger partial charge < -0.3 is 15.2 Å². The fraction of sp³-hybridized carbons (Fsp3) is 0.333. The number of ether oxygens (including phenoxy) is 1. The Bertz CT molecular complexity index is 1030. The molecule has 1 unspecified atom stereocenters. The minimum atomic E-state index is -0.853. The molecule has 3 aromatic rings. The van der Waals surface area contributed by atoms with Crippen molar-refractivity contribution in [2.45, 2.75) is 45.8 Å². The number of halogens is 1. The van der Waals surface area contributed by atoms with Crippen LogP contribution in [0.3, 0.4) is 0 Å². The van der Waals surface area contributed by atoms with Gasteiger partial charge in [0.15, 0.2) is 0 Å². The minimum Gasteiger partial charge on any atom is -0.491 e. The number of rotatable bonds is 8. The van der Waals surface area contributed by atoms with Gasteiger partial charge in [0.2, 0.25) is 0 Å². The Balaban J connectivity index is 1.74. The standard InChI is InChI=1S/C24H28ClN3O3/c1-15(2)23-21(13-27-28(23)19-10-8-18(25)9-11-19)24(30)26-14-22(29)17-6-5-7-20(12-17)31-16(3)4/h5-13,15-16,22,29H,14H2,1-4H3,(H,26,30). The van der Waals surface area contributed by atoms with Crippen LogP contribution < -0.4 is 10.1 Å². The van der Waals surface area contributed by atoms with E-state index in [0.29, 0.717) is 21.9 Å². The number of carbonyl (C=O) groups is 1. The molecule has 31 heavy (non-hydrogen) atoms. The number of aromatic nitrogens is 2. The molecule has 1 amide bonds. The summed E-state index contributed by atoms with van der Waals surface area (Å²) in [7, 11) is 0. The predicted octanol–water partition coefficient (Wildman–Crippen LogP) is 4.90. The van der Waals surface area contributed by atoms with E-state index in [2.05, 4.69) is 10.4 Å². The molecule has 3 rings (SSSR count). The van der Waals surface area contributed by atoms with E-state index < -0.39 is 6.10 Å². The summed E-state index contributed by atoms with van der Waals surface area (Å²) >= 11 is 5.99. The minimum absolute atomic E-state index is 0.0405. The molecule has 0 aliphatic heterocycles. The number of aliphatic hydroxyl groups excluding tert-OH is 1. The first-order chi connectivity index (χ1) is 14.8. The molecule has 1 heterocycles. The number of nitrogens with one attached hydrogen (secondary N) is 1. The molecule has 0 aliphatic rings. The lowest BCUT2D eigenvalue weighted by Crippen LogP contribution is -2.29. The van der Waals surface area contributed by atoms with E-state index in [1.165, 1.54) is 0 Å². The summed E-state index contributed by atoms with van der Waals surface area (Å²) in [5.74, 6) is 0.468. The van der Waals surface area contributed by atoms with Gasteiger partial charge in [0.05, 0.1) is 35.3 Å². The summed E-state index contributed by atoms with van der Waals surface area (Å²) in [5.41, 5.74) is 2.78. The Labute approximate surface area is 187 Å². The van der Waals surface area contributed by atoms with Crippen LogP contribution in [-0.2, 0) is 0 Å². The number of carbonyl (C=O) groups excluding carboxylic acids is 1. The molecule has 2 N–H and O–H groups in total. The first-order valence-electron chi connectivity index (χ1n) is 10.3. The smallest absolute Gasteiger partial charge is 0.254 e. The van der Waals surface area contributed by atoms with Crippen LogP contribution in [0.1, 0.15) is 61.3 Å². The van der Waals surface area contributed by atoms with E-state index >= 15 is 0 Å². The van der Waals surface area contributed by atoms with Gasteiger partial charge in [0.25, 0.3) is 5.91 Å². The largest absolute Gasteiger partial charge is 0.491 e. The summed E-state index contributed by atoms with van der Waals surface area (Å²) in [6.07, 6.45) is 0.746. The molecule has 2 aromatic carbocycles. The van der Waals surface area contributed by atoms with E-state index in [1.807, 2.05) is 58.0 Å². The number of hydrogen-bond acceptors (Lipinski definition) is 4. The van der Waals surface area contributed by atoms with E-state index in [4.69, 9.17) is 16.3 Å². The van der Waals surface area contributed by atoms with Crippen LogP contribution in [0.2, 0.25) is 5.02 Å². The van der Waals surface area contributed by atoms with Crippen LogP contribution in [0.4, 0.5) is 0 Å². The second kappa shape index (κ2) is 9.98. The topological polar surface area (TPSA) is 76.4 Å². The average molecular weight is 442 g/mol. The Morgan fingerprint density at radius 3 is 2.52 bits per heavy atom. The van der Waals surface area contributed by atoms with E-state index in [-0.39, 0.29) is 24.5 Å². The molecule has 0 aliphatic carbocycles. The van der Waals surface area contributed by atoms with E-state index in [9.17, 15) is 9.90 Å². The molecular formula is C24H28ClN3O3. The molecule has 0 spiro atoms. The average Bonchev–Trinajstić information content (AvgIpc) is 3.17. The summed E-state index contributed by atoms with van der Waals surface area (Å²) in [5, 5.41) is 18.4. The zero-order valence-electron chi connectivity index (χ0n) is 18.2. The summed E-state index contributed by atoms with van der Waals surface area (Å²) in [6.45, 7) is 7.98. The number of aliphatic hydroxyl groups is 1. The summed E-state index contributed by atoms with van der Waals surface area (Å²) < 4.78 is 7.43. The van der Waals surface area contributed by atoms with Crippen molar-refractivity contribution in [1.82, 2.24) is 15.1 Å². The molecule has 0 saturated heterocycles. The van der Waals surface area contributed by atoms with Crippen LogP contribution in [0.5, 0.6) is 5.75 Å². The van der Waals surface area contributed by atoms with Crippen molar-refractivity contribution in [2.75, 3.05) is 6.54 Å². The van der Waals surface area contributed by atoms with Crippen molar-refractivity contribution in [3.8, 4) is 11.4 Å². The van der Waals surface area contributed by atoms with Gasteiger partial charge >= 0.3 is 0 Å². The van der Waals surface area contributed by atoms with Crippen LogP contribution in [-0.4, -0.2) is 33.4 Å². The van der Waals surface area contributed by atoms with Crippen LogP contribution in [0, 0.1) is 0 Å². The van der Waals surface area contributed by atoms with Crippen molar-refractivity contribution in [1.29, 1.82) is 0 Å². The van der Waals surface area contributed by atoms with Gasteiger partial charge in [-0.15, -0.1) is 0 Å². The van der Waals surface area contributed by atoms with Gasteiger partial charge in [0.1, 0.15) is 5.75 Å². The molecule has 164 valence electrons. The third-order valence-corrected chi connectivity index (χ3v) is 4.99. The molecule has 0 fully saturated rings. The first-order valence-corrected chi connectivity index (χ1v) is 10.7. The predicted molar refractivity (Wildman–Crippen MR) is 122 cm³/mol. The highest BCUT2D eigenvalue weighted by atomic mass is 35.5. The van der Waals surface area contributed by atoms with Crippen LogP contribution >= 0.6 is 11.6 Å². The zero-order chi connectivity index (χ0) is 22.5. The SMILES string of the molecule is CC(C)Oc1cccc(C(O)CNC(=O)c2cnn(-c3ccc(Cl)cc3)c2C(C)C)c1. The van der Waals surface area contributed by atoms with Crippen molar-refractivity contribution in [2.24, 2.45) is 0 Å². The number of nitrogens with zero attached hydrogens (tertiary/aromatic N) is 2. The summed E-state index contributed by atoms with van der Waals surface area (Å²) in [4.78, 5) is 12.9. The lowest BCUT2D eigenvalue weighted by molar-refractivity contribution is 0.0915. The maximum Gasteiger partial charge on any atom is 0.254 e. The van der Waals surface area contributed by atoms with E-state index in [1.54, 1.807) is 29.1 Å². The number of hydrogen-bond donors (Lipinski definition) is 2. The molecule has 6 nitrogen and oxygen atoms in total. The number of benzene rings is 2. The molecule has 0 saturated carbocycles. The molecular weight excluding hydrogens is 414 g/mol. The fourth-order valence-electron chi connectivity index (χ4n) is 3.35. The molecule has 0 bridgehead atoms. The van der Waals surface area contributed by atoms with Crippen LogP contribution in [0.15, 0.2) is 54.7 Å². The Kier molecular flexibility index (Phi) is 7.36. The van der Waals surface area contributed by atoms with Gasteiger partial charge in [-0.05, 0) is 61.7 Å². The zero-order valence-corrected chi connectivity index (χ0v) is 18.9. The lowest BCUT2D eigenvalue weighted by atomic mass is 10.0. The van der Waals surface area contributed by atoms with Gasteiger partial charge in [-0.1, -0.05) is 37.6 Å². The Morgan fingerprint density at radius 2 is 1.87 bits per heavy atom. The third kappa shape index (κ3) is 5.66. The highest BCUT2D eigenvalue weighted by Crippen LogP contribution is 2.24. The molecule has 1 atom stereocenters. The summed E-state index contributed by atoms with van der Waals surface area (Å²) in [6, 6.07) is 14.6.